The number of halogens is 1. The maximum absolute atomic E-state index is 13.9. The number of aromatic nitrogens is 3. The Morgan fingerprint density at radius 2 is 2.17 bits per heavy atom. The molecular formula is C16H20FN5OS. The summed E-state index contributed by atoms with van der Waals surface area (Å²) in [5.41, 5.74) is 0.287. The third kappa shape index (κ3) is 3.38. The summed E-state index contributed by atoms with van der Waals surface area (Å²) >= 11 is 1.22. The Morgan fingerprint density at radius 3 is 2.92 bits per heavy atom. The van der Waals surface area contributed by atoms with Crippen LogP contribution in [0.1, 0.15) is 26.2 Å². The summed E-state index contributed by atoms with van der Waals surface area (Å²) in [6.07, 6.45) is 3.26. The van der Waals surface area contributed by atoms with Crippen molar-refractivity contribution in [2.75, 3.05) is 18.1 Å². The van der Waals surface area contributed by atoms with Crippen LogP contribution in [0, 0.1) is 5.82 Å². The highest BCUT2D eigenvalue weighted by Gasteiger charge is 2.24. The summed E-state index contributed by atoms with van der Waals surface area (Å²) in [7, 11) is 0. The minimum absolute atomic E-state index is 0.0719. The van der Waals surface area contributed by atoms with Gasteiger partial charge in [0.05, 0.1) is 11.3 Å². The van der Waals surface area contributed by atoms with Crippen molar-refractivity contribution >= 4 is 17.7 Å². The van der Waals surface area contributed by atoms with Gasteiger partial charge in [0, 0.05) is 12.6 Å². The second kappa shape index (κ2) is 7.21. The van der Waals surface area contributed by atoms with E-state index >= 15 is 0 Å². The molecule has 2 N–H and O–H groups in total. The van der Waals surface area contributed by atoms with Gasteiger partial charge in [-0.05, 0) is 38.3 Å². The van der Waals surface area contributed by atoms with E-state index in [9.17, 15) is 9.18 Å². The van der Waals surface area contributed by atoms with Gasteiger partial charge in [-0.2, -0.15) is 0 Å². The molecule has 1 aromatic heterocycles. The van der Waals surface area contributed by atoms with Gasteiger partial charge in [-0.1, -0.05) is 23.9 Å². The lowest BCUT2D eigenvalue weighted by Crippen LogP contribution is -2.43. The van der Waals surface area contributed by atoms with Crippen LogP contribution in [0.25, 0.3) is 11.4 Å². The predicted molar refractivity (Wildman–Crippen MR) is 91.3 cm³/mol. The summed E-state index contributed by atoms with van der Waals surface area (Å²) in [5.74, 6) is 6.13. The molecule has 1 saturated heterocycles. The Balaban J connectivity index is 1.69. The van der Waals surface area contributed by atoms with Crippen molar-refractivity contribution in [3.63, 3.8) is 0 Å². The van der Waals surface area contributed by atoms with Gasteiger partial charge in [-0.3, -0.25) is 4.79 Å². The second-order valence-electron chi connectivity index (χ2n) is 5.88. The molecule has 6 nitrogen and oxygen atoms in total. The molecule has 0 saturated carbocycles. The fourth-order valence-electron chi connectivity index (χ4n) is 2.88. The number of amides is 1. The number of carbonyl (C=O) groups excluding carboxylic acids is 1. The molecule has 0 bridgehead atoms. The Kier molecular flexibility index (Phi) is 5.03. The average Bonchev–Trinajstić information content (AvgIpc) is 2.94. The molecule has 0 spiro atoms. The van der Waals surface area contributed by atoms with E-state index in [-0.39, 0.29) is 29.1 Å². The molecule has 1 amide bonds. The van der Waals surface area contributed by atoms with E-state index in [2.05, 4.69) is 17.1 Å². The fourth-order valence-corrected chi connectivity index (χ4v) is 3.62. The molecule has 1 aliphatic heterocycles. The van der Waals surface area contributed by atoms with Crippen molar-refractivity contribution in [1.29, 1.82) is 0 Å². The van der Waals surface area contributed by atoms with E-state index in [0.29, 0.717) is 5.16 Å². The Morgan fingerprint density at radius 1 is 1.38 bits per heavy atom. The smallest absolute Gasteiger partial charge is 0.233 e. The molecule has 128 valence electrons. The first kappa shape index (κ1) is 16.8. The van der Waals surface area contributed by atoms with Gasteiger partial charge in [-0.25, -0.2) is 9.07 Å². The summed E-state index contributed by atoms with van der Waals surface area (Å²) in [5, 5.41) is 8.33. The molecule has 24 heavy (non-hydrogen) atoms. The number of rotatable bonds is 4. The topological polar surface area (TPSA) is 77.0 Å². The highest BCUT2D eigenvalue weighted by Crippen LogP contribution is 2.24. The van der Waals surface area contributed by atoms with Crippen LogP contribution >= 0.6 is 11.8 Å². The lowest BCUT2D eigenvalue weighted by atomic mass is 10.0. The maximum atomic E-state index is 13.9. The molecule has 8 heteroatoms. The zero-order chi connectivity index (χ0) is 17.1. The first-order valence-corrected chi connectivity index (χ1v) is 8.94. The lowest BCUT2D eigenvalue weighted by Gasteiger charge is -2.33. The molecule has 2 heterocycles. The number of thioether (sulfide) groups is 1. The van der Waals surface area contributed by atoms with Gasteiger partial charge in [0.1, 0.15) is 5.82 Å². The molecule has 1 aliphatic rings. The maximum Gasteiger partial charge on any atom is 0.233 e. The third-order valence-corrected chi connectivity index (χ3v) is 5.16. The van der Waals surface area contributed by atoms with Gasteiger partial charge in [0.2, 0.25) is 11.1 Å². The Bertz CT molecular complexity index is 735. The number of nitrogens with zero attached hydrogens (tertiary/aromatic N) is 4. The van der Waals surface area contributed by atoms with Crippen molar-refractivity contribution in [2.24, 2.45) is 0 Å². The molecule has 0 unspecified atom stereocenters. The molecule has 0 aliphatic carbocycles. The fraction of sp³-hybridized carbons (Fsp3) is 0.438. The van der Waals surface area contributed by atoms with Crippen molar-refractivity contribution < 1.29 is 9.18 Å². The molecular weight excluding hydrogens is 329 g/mol. The van der Waals surface area contributed by atoms with Crippen LogP contribution in [0.5, 0.6) is 0 Å². The first-order chi connectivity index (χ1) is 11.6. The number of likely N-dealkylation sites (tertiary alicyclic amines) is 1. The SMILES string of the molecule is C[C@@H]1CCCCN1C(=O)CSc1nnc(-c2ccccc2F)n1N. The number of piperidine rings is 1. The van der Waals surface area contributed by atoms with Crippen LogP contribution < -0.4 is 5.84 Å². The summed E-state index contributed by atoms with van der Waals surface area (Å²) in [6, 6.07) is 6.53. The highest BCUT2D eigenvalue weighted by molar-refractivity contribution is 7.99. The minimum Gasteiger partial charge on any atom is -0.339 e. The lowest BCUT2D eigenvalue weighted by molar-refractivity contribution is -0.131. The molecule has 2 aromatic rings. The largest absolute Gasteiger partial charge is 0.339 e. The van der Waals surface area contributed by atoms with Crippen molar-refractivity contribution in [3.8, 4) is 11.4 Å². The normalized spacial score (nSPS) is 17.9. The minimum atomic E-state index is -0.411. The highest BCUT2D eigenvalue weighted by atomic mass is 32.2. The number of nitrogen functional groups attached to an aromatic ring is 1. The standard InChI is InChI=1S/C16H20FN5OS/c1-11-6-4-5-9-21(11)14(23)10-24-16-20-19-15(22(16)18)12-7-2-3-8-13(12)17/h2-3,7-8,11H,4-6,9-10,18H2,1H3/t11-/m1/s1. The van der Waals surface area contributed by atoms with Gasteiger partial charge >= 0.3 is 0 Å². The van der Waals surface area contributed by atoms with Gasteiger partial charge in [0.15, 0.2) is 5.82 Å². The van der Waals surface area contributed by atoms with Crippen LogP contribution in [0.2, 0.25) is 0 Å². The van der Waals surface area contributed by atoms with Crippen molar-refractivity contribution in [2.45, 2.75) is 37.4 Å². The quantitative estimate of drug-likeness (QED) is 0.677. The van der Waals surface area contributed by atoms with E-state index in [0.717, 1.165) is 19.4 Å². The Labute approximate surface area is 144 Å². The van der Waals surface area contributed by atoms with E-state index < -0.39 is 5.82 Å². The number of carbonyl (C=O) groups is 1. The summed E-state index contributed by atoms with van der Waals surface area (Å²) in [4.78, 5) is 14.3. The molecule has 1 fully saturated rings. The number of benzene rings is 1. The molecule has 1 atom stereocenters. The Hall–Kier alpha value is -2.09. The van der Waals surface area contributed by atoms with Gasteiger partial charge < -0.3 is 10.7 Å². The zero-order valence-electron chi connectivity index (χ0n) is 13.5. The van der Waals surface area contributed by atoms with Crippen LogP contribution in [0.3, 0.4) is 0 Å². The van der Waals surface area contributed by atoms with Crippen LogP contribution in [-0.4, -0.2) is 44.0 Å². The number of hydrogen-bond acceptors (Lipinski definition) is 5. The summed E-state index contributed by atoms with van der Waals surface area (Å²) < 4.78 is 15.1. The van der Waals surface area contributed by atoms with E-state index in [1.807, 2.05) is 4.90 Å². The predicted octanol–water partition coefficient (Wildman–Crippen LogP) is 2.29. The zero-order valence-corrected chi connectivity index (χ0v) is 14.3. The average molecular weight is 349 g/mol. The van der Waals surface area contributed by atoms with E-state index in [1.165, 1.54) is 28.9 Å². The molecule has 1 aromatic carbocycles. The van der Waals surface area contributed by atoms with Crippen LogP contribution in [0.4, 0.5) is 4.39 Å². The van der Waals surface area contributed by atoms with Crippen LogP contribution in [-0.2, 0) is 4.79 Å². The van der Waals surface area contributed by atoms with Crippen molar-refractivity contribution in [3.05, 3.63) is 30.1 Å². The monoisotopic (exact) mass is 349 g/mol. The van der Waals surface area contributed by atoms with E-state index in [1.54, 1.807) is 18.2 Å². The molecule has 0 radical (unpaired) electrons. The number of nitrogens with two attached hydrogens (primary N) is 1. The van der Waals surface area contributed by atoms with Crippen molar-refractivity contribution in [1.82, 2.24) is 19.8 Å². The second-order valence-corrected chi connectivity index (χ2v) is 6.82. The van der Waals surface area contributed by atoms with Crippen LogP contribution in [0.15, 0.2) is 29.4 Å². The van der Waals surface area contributed by atoms with E-state index in [4.69, 9.17) is 5.84 Å². The third-order valence-electron chi connectivity index (χ3n) is 4.23. The first-order valence-electron chi connectivity index (χ1n) is 7.95. The van der Waals surface area contributed by atoms with Gasteiger partial charge in [-0.15, -0.1) is 10.2 Å². The van der Waals surface area contributed by atoms with Gasteiger partial charge in [0.25, 0.3) is 0 Å². The number of hydrogen-bond donors (Lipinski definition) is 1. The molecule has 3 rings (SSSR count). The summed E-state index contributed by atoms with van der Waals surface area (Å²) in [6.45, 7) is 2.87.